The highest BCUT2D eigenvalue weighted by molar-refractivity contribution is 5.80. The van der Waals surface area contributed by atoms with Gasteiger partial charge in [-0.15, -0.1) is 0 Å². The van der Waals surface area contributed by atoms with Crippen molar-refractivity contribution in [3.05, 3.63) is 0 Å². The number of esters is 1. The predicted octanol–water partition coefficient (Wildman–Crippen LogP) is 2.42. The van der Waals surface area contributed by atoms with Crippen LogP contribution in [0, 0.1) is 0 Å². The number of carbonyl (C=O) groups is 1. The summed E-state index contributed by atoms with van der Waals surface area (Å²) in [7, 11) is 1.33. The van der Waals surface area contributed by atoms with Crippen LogP contribution < -0.4 is 5.32 Å². The average Bonchev–Trinajstić information content (AvgIpc) is 3.15. The Morgan fingerprint density at radius 2 is 1.90 bits per heavy atom. The van der Waals surface area contributed by atoms with Crippen molar-refractivity contribution in [2.24, 2.45) is 0 Å². The lowest BCUT2D eigenvalue weighted by atomic mass is 9.96. The first-order chi connectivity index (χ1) is 9.27. The zero-order valence-electron chi connectivity index (χ0n) is 11.9. The van der Waals surface area contributed by atoms with Gasteiger partial charge in [-0.1, -0.05) is 0 Å². The number of rotatable bonds is 9. The molecule has 1 saturated carbocycles. The Morgan fingerprint density at radius 3 is 2.40 bits per heavy atom. The van der Waals surface area contributed by atoms with Gasteiger partial charge in [-0.3, -0.25) is 10.1 Å². The molecule has 1 unspecified atom stereocenters. The smallest absolute Gasteiger partial charge is 0.391 e. The van der Waals surface area contributed by atoms with E-state index in [0.29, 0.717) is 18.9 Å². The van der Waals surface area contributed by atoms with Gasteiger partial charge >= 0.3 is 12.1 Å². The number of halogens is 3. The molecule has 1 aliphatic rings. The zero-order chi connectivity index (χ0) is 15.2. The van der Waals surface area contributed by atoms with Crippen molar-refractivity contribution in [3.63, 3.8) is 0 Å². The molecule has 0 bridgehead atoms. The lowest BCUT2D eigenvalue weighted by molar-refractivity contribution is -0.148. The lowest BCUT2D eigenvalue weighted by Gasteiger charge is -2.28. The van der Waals surface area contributed by atoms with E-state index in [4.69, 9.17) is 9.47 Å². The molecule has 0 aromatic carbocycles. The van der Waals surface area contributed by atoms with Crippen LogP contribution in [-0.4, -0.2) is 44.0 Å². The molecule has 0 saturated heterocycles. The van der Waals surface area contributed by atoms with Crippen molar-refractivity contribution in [1.82, 2.24) is 5.32 Å². The summed E-state index contributed by atoms with van der Waals surface area (Å²) in [6.07, 6.45) is -2.08. The maximum absolute atomic E-state index is 11.9. The van der Waals surface area contributed by atoms with Gasteiger partial charge in [0.25, 0.3) is 0 Å². The van der Waals surface area contributed by atoms with Gasteiger partial charge in [0.1, 0.15) is 5.54 Å². The van der Waals surface area contributed by atoms with Crippen molar-refractivity contribution < 1.29 is 27.4 Å². The maximum atomic E-state index is 11.9. The molecule has 1 rings (SSSR count). The minimum atomic E-state index is -4.19. The van der Waals surface area contributed by atoms with Crippen molar-refractivity contribution in [3.8, 4) is 0 Å². The summed E-state index contributed by atoms with van der Waals surface area (Å²) >= 11 is 0. The molecule has 1 fully saturated rings. The maximum Gasteiger partial charge on any atom is 0.391 e. The number of ether oxygens (including phenoxy) is 2. The van der Waals surface area contributed by atoms with Crippen LogP contribution in [0.4, 0.5) is 13.2 Å². The molecular weight excluding hydrogens is 275 g/mol. The molecule has 0 spiro atoms. The van der Waals surface area contributed by atoms with Gasteiger partial charge in [-0.25, -0.2) is 0 Å². The normalized spacial score (nSPS) is 18.6. The molecule has 1 N–H and O–H groups in total. The van der Waals surface area contributed by atoms with Gasteiger partial charge in [-0.05, 0) is 32.6 Å². The van der Waals surface area contributed by atoms with Crippen molar-refractivity contribution in [1.29, 1.82) is 0 Å². The quantitative estimate of drug-likeness (QED) is 0.524. The fourth-order valence-corrected chi connectivity index (χ4v) is 1.95. The Hall–Kier alpha value is -0.820. The van der Waals surface area contributed by atoms with E-state index in [-0.39, 0.29) is 19.2 Å². The van der Waals surface area contributed by atoms with Crippen molar-refractivity contribution in [2.75, 3.05) is 20.3 Å². The Morgan fingerprint density at radius 1 is 1.25 bits per heavy atom. The molecule has 0 radical (unpaired) electrons. The molecule has 0 aromatic heterocycles. The number of hydrogen-bond acceptors (Lipinski definition) is 4. The summed E-state index contributed by atoms with van der Waals surface area (Å²) in [6, 6.07) is 0.338. The molecule has 1 atom stereocenters. The summed E-state index contributed by atoms with van der Waals surface area (Å²) in [5, 5.41) is 3.22. The van der Waals surface area contributed by atoms with E-state index in [2.05, 4.69) is 5.32 Å². The van der Waals surface area contributed by atoms with Crippen LogP contribution in [0.1, 0.15) is 39.0 Å². The number of carbonyl (C=O) groups excluding carboxylic acids is 1. The van der Waals surface area contributed by atoms with Crippen LogP contribution in [0.2, 0.25) is 0 Å². The zero-order valence-corrected chi connectivity index (χ0v) is 11.9. The monoisotopic (exact) mass is 297 g/mol. The molecule has 0 heterocycles. The van der Waals surface area contributed by atoms with Gasteiger partial charge in [0.15, 0.2) is 0 Å². The third-order valence-electron chi connectivity index (χ3n) is 3.23. The van der Waals surface area contributed by atoms with E-state index in [0.717, 1.165) is 12.8 Å². The summed E-state index contributed by atoms with van der Waals surface area (Å²) in [6.45, 7) is 1.62. The Kier molecular flexibility index (Phi) is 6.26. The van der Waals surface area contributed by atoms with E-state index in [1.54, 1.807) is 6.92 Å². The van der Waals surface area contributed by atoms with Gasteiger partial charge in [-0.2, -0.15) is 13.2 Å². The third-order valence-corrected chi connectivity index (χ3v) is 3.23. The third kappa shape index (κ3) is 6.56. The minimum absolute atomic E-state index is 0.203. The Bertz CT molecular complexity index is 318. The van der Waals surface area contributed by atoms with Gasteiger partial charge < -0.3 is 9.47 Å². The highest BCUT2D eigenvalue weighted by atomic mass is 19.4. The minimum Gasteiger partial charge on any atom is -0.468 e. The second-order valence-electron chi connectivity index (χ2n) is 5.32. The topological polar surface area (TPSA) is 47.6 Å². The van der Waals surface area contributed by atoms with E-state index < -0.39 is 18.1 Å². The highest BCUT2D eigenvalue weighted by Gasteiger charge is 2.38. The first-order valence-electron chi connectivity index (χ1n) is 6.77. The largest absolute Gasteiger partial charge is 0.468 e. The molecule has 20 heavy (non-hydrogen) atoms. The van der Waals surface area contributed by atoms with Crippen LogP contribution in [-0.2, 0) is 14.3 Å². The van der Waals surface area contributed by atoms with E-state index in [1.807, 2.05) is 0 Å². The van der Waals surface area contributed by atoms with Crippen LogP contribution in [0.25, 0.3) is 0 Å². The molecule has 0 aromatic rings. The first-order valence-corrected chi connectivity index (χ1v) is 6.77. The molecule has 7 heteroatoms. The highest BCUT2D eigenvalue weighted by Crippen LogP contribution is 2.25. The molecule has 118 valence electrons. The molecule has 4 nitrogen and oxygen atoms in total. The second kappa shape index (κ2) is 7.26. The fraction of sp³-hybridized carbons (Fsp3) is 0.923. The number of methoxy groups -OCH3 is 1. The number of alkyl halides is 3. The van der Waals surface area contributed by atoms with Gasteiger partial charge in [0.2, 0.25) is 0 Å². The van der Waals surface area contributed by atoms with Gasteiger partial charge in [0.05, 0.1) is 20.1 Å². The SMILES string of the molecule is COC(=O)C(C)(CCCOCCC(F)(F)F)NC1CC1. The van der Waals surface area contributed by atoms with E-state index >= 15 is 0 Å². The van der Waals surface area contributed by atoms with Crippen molar-refractivity contribution in [2.45, 2.75) is 56.8 Å². The van der Waals surface area contributed by atoms with E-state index in [9.17, 15) is 18.0 Å². The van der Waals surface area contributed by atoms with Crippen LogP contribution in [0.15, 0.2) is 0 Å². The molecule has 1 aliphatic carbocycles. The van der Waals surface area contributed by atoms with Crippen LogP contribution in [0.5, 0.6) is 0 Å². The second-order valence-corrected chi connectivity index (χ2v) is 5.32. The van der Waals surface area contributed by atoms with Crippen LogP contribution in [0.3, 0.4) is 0 Å². The standard InChI is InChI=1S/C13H22F3NO3/c1-12(11(18)19-2,17-10-4-5-10)6-3-8-20-9-7-13(14,15)16/h10,17H,3-9H2,1-2H3. The summed E-state index contributed by atoms with van der Waals surface area (Å²) in [5.74, 6) is -0.348. The average molecular weight is 297 g/mol. The number of nitrogens with one attached hydrogen (secondary N) is 1. The molecule has 0 amide bonds. The van der Waals surface area contributed by atoms with Crippen LogP contribution >= 0.6 is 0 Å². The predicted molar refractivity (Wildman–Crippen MR) is 67.3 cm³/mol. The summed E-state index contributed by atoms with van der Waals surface area (Å²) in [5.41, 5.74) is -0.788. The number of hydrogen-bond donors (Lipinski definition) is 1. The Balaban J connectivity index is 2.23. The Labute approximate surface area is 117 Å². The summed E-state index contributed by atoms with van der Waals surface area (Å²) < 4.78 is 45.4. The molecule has 0 aliphatic heterocycles. The van der Waals surface area contributed by atoms with Gasteiger partial charge in [0, 0.05) is 12.6 Å². The van der Waals surface area contributed by atoms with E-state index in [1.165, 1.54) is 7.11 Å². The van der Waals surface area contributed by atoms with Crippen molar-refractivity contribution >= 4 is 5.97 Å². The fourth-order valence-electron chi connectivity index (χ4n) is 1.95. The summed E-state index contributed by atoms with van der Waals surface area (Å²) in [4.78, 5) is 11.8. The lowest BCUT2D eigenvalue weighted by Crippen LogP contribution is -2.51. The molecular formula is C13H22F3NO3. The first kappa shape index (κ1) is 17.2.